The van der Waals surface area contributed by atoms with E-state index in [1.54, 1.807) is 17.0 Å². The van der Waals surface area contributed by atoms with E-state index in [0.29, 0.717) is 20.9 Å². The lowest BCUT2D eigenvalue weighted by atomic mass is 10.3. The number of carbonyl (C=O) groups excluding carboxylic acids is 1. The van der Waals surface area contributed by atoms with Gasteiger partial charge in [-0.1, -0.05) is 22.9 Å². The highest BCUT2D eigenvalue weighted by Crippen LogP contribution is 2.30. The zero-order chi connectivity index (χ0) is 11.7. The number of hydrogen-bond donors (Lipinski definition) is 0. The highest BCUT2D eigenvalue weighted by molar-refractivity contribution is 7.17. The average molecular weight is 258 g/mol. The first-order chi connectivity index (χ1) is 7.63. The molecule has 0 saturated carbocycles. The number of aryl methyl sites for hydroxylation is 1. The predicted octanol–water partition coefficient (Wildman–Crippen LogP) is 1.98. The van der Waals surface area contributed by atoms with Crippen molar-refractivity contribution in [1.82, 2.24) is 14.5 Å². The molecule has 0 aliphatic carbocycles. The quantitative estimate of drug-likeness (QED) is 0.772. The molecule has 16 heavy (non-hydrogen) atoms. The maximum atomic E-state index is 11.5. The van der Waals surface area contributed by atoms with Gasteiger partial charge in [0.1, 0.15) is 10.6 Å². The molecule has 7 heteroatoms. The Labute approximate surface area is 101 Å². The van der Waals surface area contributed by atoms with E-state index in [0.717, 1.165) is 11.3 Å². The summed E-state index contributed by atoms with van der Waals surface area (Å²) in [6.45, 7) is 0. The summed E-state index contributed by atoms with van der Waals surface area (Å²) in [5.74, 6) is 0.131. The molecule has 2 rings (SSSR count). The standard InChI is InChI=1S/C9H8ClN3O2S/c1-13-4-3-11-7(13)5-6(8(14)15-2)16-9(10)12-5/h3-4H,1-2H3. The predicted molar refractivity (Wildman–Crippen MR) is 60.7 cm³/mol. The van der Waals surface area contributed by atoms with Gasteiger partial charge in [-0.25, -0.2) is 14.8 Å². The van der Waals surface area contributed by atoms with Crippen LogP contribution in [-0.4, -0.2) is 27.6 Å². The van der Waals surface area contributed by atoms with Crippen molar-refractivity contribution < 1.29 is 9.53 Å². The molecule has 2 heterocycles. The van der Waals surface area contributed by atoms with Crippen molar-refractivity contribution in [3.05, 3.63) is 21.7 Å². The monoisotopic (exact) mass is 257 g/mol. The highest BCUT2D eigenvalue weighted by Gasteiger charge is 2.21. The normalized spacial score (nSPS) is 10.4. The molecule has 5 nitrogen and oxygen atoms in total. The third-order valence-corrected chi connectivity index (χ3v) is 3.14. The van der Waals surface area contributed by atoms with Gasteiger partial charge in [0.25, 0.3) is 0 Å². The molecule has 2 aromatic rings. The molecule has 0 unspecified atom stereocenters. The fraction of sp³-hybridized carbons (Fsp3) is 0.222. The van der Waals surface area contributed by atoms with E-state index in [2.05, 4.69) is 14.7 Å². The molecule has 0 N–H and O–H groups in total. The lowest BCUT2D eigenvalue weighted by Gasteiger charge is -2.00. The fourth-order valence-corrected chi connectivity index (χ4v) is 2.29. The van der Waals surface area contributed by atoms with Gasteiger partial charge in [0.05, 0.1) is 7.11 Å². The maximum absolute atomic E-state index is 11.5. The Morgan fingerprint density at radius 2 is 2.38 bits per heavy atom. The first-order valence-corrected chi connectivity index (χ1v) is 5.55. The number of thiazole rings is 1. The van der Waals surface area contributed by atoms with Crippen molar-refractivity contribution >= 4 is 28.9 Å². The van der Waals surface area contributed by atoms with E-state index in [9.17, 15) is 4.79 Å². The number of imidazole rings is 1. The van der Waals surface area contributed by atoms with Crippen LogP contribution < -0.4 is 0 Å². The number of ether oxygens (including phenoxy) is 1. The fourth-order valence-electron chi connectivity index (χ4n) is 1.27. The van der Waals surface area contributed by atoms with Gasteiger partial charge < -0.3 is 9.30 Å². The minimum absolute atomic E-state index is 0.290. The van der Waals surface area contributed by atoms with Crippen molar-refractivity contribution in [2.45, 2.75) is 0 Å². The number of nitrogens with zero attached hydrogens (tertiary/aromatic N) is 3. The zero-order valence-electron chi connectivity index (χ0n) is 8.60. The zero-order valence-corrected chi connectivity index (χ0v) is 10.2. The summed E-state index contributed by atoms with van der Waals surface area (Å²) in [7, 11) is 3.13. The summed E-state index contributed by atoms with van der Waals surface area (Å²) in [6, 6.07) is 0. The smallest absolute Gasteiger partial charge is 0.350 e. The first kappa shape index (κ1) is 11.1. The minimum Gasteiger partial charge on any atom is -0.465 e. The highest BCUT2D eigenvalue weighted by atomic mass is 35.5. The van der Waals surface area contributed by atoms with Crippen LogP contribution in [0.15, 0.2) is 12.4 Å². The molecule has 0 radical (unpaired) electrons. The van der Waals surface area contributed by atoms with Crippen LogP contribution in [0.4, 0.5) is 0 Å². The third kappa shape index (κ3) is 1.81. The van der Waals surface area contributed by atoms with Gasteiger partial charge in [-0.3, -0.25) is 0 Å². The molecule has 84 valence electrons. The van der Waals surface area contributed by atoms with Gasteiger partial charge in [0.2, 0.25) is 0 Å². The maximum Gasteiger partial charge on any atom is 0.350 e. The molecule has 0 spiro atoms. The van der Waals surface area contributed by atoms with Crippen LogP contribution in [0.3, 0.4) is 0 Å². The van der Waals surface area contributed by atoms with E-state index in [1.165, 1.54) is 7.11 Å². The van der Waals surface area contributed by atoms with Crippen molar-refractivity contribution in [2.24, 2.45) is 7.05 Å². The summed E-state index contributed by atoms with van der Waals surface area (Å²) < 4.78 is 6.72. The van der Waals surface area contributed by atoms with Crippen LogP contribution in [-0.2, 0) is 11.8 Å². The van der Waals surface area contributed by atoms with E-state index in [1.807, 2.05) is 7.05 Å². The van der Waals surface area contributed by atoms with E-state index >= 15 is 0 Å². The topological polar surface area (TPSA) is 57.0 Å². The Hall–Kier alpha value is -1.40. The van der Waals surface area contributed by atoms with Crippen LogP contribution in [0.2, 0.25) is 4.47 Å². The second kappa shape index (κ2) is 4.23. The van der Waals surface area contributed by atoms with Gasteiger partial charge in [0, 0.05) is 19.4 Å². The number of aromatic nitrogens is 3. The minimum atomic E-state index is -0.456. The summed E-state index contributed by atoms with van der Waals surface area (Å²) in [5, 5.41) is 0. The molecule has 0 aliphatic heterocycles. The Morgan fingerprint density at radius 3 is 2.94 bits per heavy atom. The van der Waals surface area contributed by atoms with E-state index in [-0.39, 0.29) is 0 Å². The summed E-state index contributed by atoms with van der Waals surface area (Å²) >= 11 is 6.88. The SMILES string of the molecule is COC(=O)c1sc(Cl)nc1-c1nccn1C. The number of halogens is 1. The average Bonchev–Trinajstić information content (AvgIpc) is 2.83. The molecule has 0 fully saturated rings. The van der Waals surface area contributed by atoms with Gasteiger partial charge in [-0.2, -0.15) is 0 Å². The number of rotatable bonds is 2. The van der Waals surface area contributed by atoms with E-state index in [4.69, 9.17) is 11.6 Å². The lowest BCUT2D eigenvalue weighted by Crippen LogP contribution is -2.02. The summed E-state index contributed by atoms with van der Waals surface area (Å²) in [4.78, 5) is 20.1. The Balaban J connectivity index is 2.57. The second-order valence-electron chi connectivity index (χ2n) is 3.00. The molecular weight excluding hydrogens is 250 g/mol. The second-order valence-corrected chi connectivity index (χ2v) is 4.58. The van der Waals surface area contributed by atoms with Crippen LogP contribution in [0.1, 0.15) is 9.67 Å². The van der Waals surface area contributed by atoms with Crippen molar-refractivity contribution in [3.63, 3.8) is 0 Å². The lowest BCUT2D eigenvalue weighted by molar-refractivity contribution is 0.0607. The summed E-state index contributed by atoms with van der Waals surface area (Å²) in [6.07, 6.45) is 3.40. The van der Waals surface area contributed by atoms with E-state index < -0.39 is 5.97 Å². The molecule has 0 saturated heterocycles. The largest absolute Gasteiger partial charge is 0.465 e. The molecule has 0 bridgehead atoms. The van der Waals surface area contributed by atoms with Crippen molar-refractivity contribution in [1.29, 1.82) is 0 Å². The molecular formula is C9H8ClN3O2S. The Bertz CT molecular complexity index is 535. The first-order valence-electron chi connectivity index (χ1n) is 4.36. The third-order valence-electron chi connectivity index (χ3n) is 2.00. The van der Waals surface area contributed by atoms with Crippen LogP contribution in [0.5, 0.6) is 0 Å². The molecule has 0 aromatic carbocycles. The number of hydrogen-bond acceptors (Lipinski definition) is 5. The molecule has 0 atom stereocenters. The van der Waals surface area contributed by atoms with Gasteiger partial charge in [-0.15, -0.1) is 0 Å². The number of carbonyl (C=O) groups is 1. The van der Waals surface area contributed by atoms with Crippen LogP contribution in [0.25, 0.3) is 11.5 Å². The van der Waals surface area contributed by atoms with Gasteiger partial charge >= 0.3 is 5.97 Å². The molecule has 2 aromatic heterocycles. The summed E-state index contributed by atoms with van der Waals surface area (Å²) in [5.41, 5.74) is 0.453. The van der Waals surface area contributed by atoms with Crippen molar-refractivity contribution in [2.75, 3.05) is 7.11 Å². The van der Waals surface area contributed by atoms with Gasteiger partial charge in [-0.05, 0) is 0 Å². The van der Waals surface area contributed by atoms with Crippen LogP contribution in [0, 0.1) is 0 Å². The molecule has 0 amide bonds. The number of esters is 1. The Morgan fingerprint density at radius 1 is 1.62 bits per heavy atom. The van der Waals surface area contributed by atoms with Crippen LogP contribution >= 0.6 is 22.9 Å². The number of methoxy groups -OCH3 is 1. The van der Waals surface area contributed by atoms with Crippen molar-refractivity contribution in [3.8, 4) is 11.5 Å². The molecule has 0 aliphatic rings. The Kier molecular flexibility index (Phi) is 2.93. The van der Waals surface area contributed by atoms with Gasteiger partial charge in [0.15, 0.2) is 10.3 Å².